The van der Waals surface area contributed by atoms with Gasteiger partial charge in [0.25, 0.3) is 5.91 Å². The molecule has 0 bridgehead atoms. The smallest absolute Gasteiger partial charge is 0.321 e. The van der Waals surface area contributed by atoms with Crippen LogP contribution < -0.4 is 5.32 Å². The summed E-state index contributed by atoms with van der Waals surface area (Å²) in [5.74, 6) is -0.448. The number of fused-ring (bicyclic) bond motifs is 2. The van der Waals surface area contributed by atoms with Gasteiger partial charge in [-0.25, -0.2) is 4.98 Å². The number of amides is 1. The molecule has 2 heterocycles. The van der Waals surface area contributed by atoms with Crippen LogP contribution >= 0.6 is 0 Å². The van der Waals surface area contributed by atoms with Gasteiger partial charge in [0.2, 0.25) is 0 Å². The minimum atomic E-state index is -4.55. The highest BCUT2D eigenvalue weighted by molar-refractivity contribution is 6.15. The quantitative estimate of drug-likeness (QED) is 0.337. The van der Waals surface area contributed by atoms with Crippen molar-refractivity contribution in [3.8, 4) is 11.3 Å². The van der Waals surface area contributed by atoms with Gasteiger partial charge in [-0.15, -0.1) is 0 Å². The number of hydrogen-bond acceptors (Lipinski definition) is 3. The lowest BCUT2D eigenvalue weighted by atomic mass is 10.0. The Bertz CT molecular complexity index is 1500. The predicted octanol–water partition coefficient (Wildman–Crippen LogP) is 6.72. The molecule has 0 spiro atoms. The highest BCUT2D eigenvalue weighted by atomic mass is 19.4. The Morgan fingerprint density at radius 3 is 2.33 bits per heavy atom. The van der Waals surface area contributed by atoms with E-state index in [0.29, 0.717) is 22.2 Å². The van der Waals surface area contributed by atoms with Gasteiger partial charge in [-0.1, -0.05) is 60.7 Å². The summed E-state index contributed by atoms with van der Waals surface area (Å²) in [4.78, 5) is 21.9. The maximum absolute atomic E-state index is 13.4. The minimum Gasteiger partial charge on any atom is -0.321 e. The Labute approximate surface area is 186 Å². The third-order valence-electron chi connectivity index (χ3n) is 5.35. The molecule has 0 radical (unpaired) electrons. The van der Waals surface area contributed by atoms with Gasteiger partial charge in [0.15, 0.2) is 0 Å². The summed E-state index contributed by atoms with van der Waals surface area (Å²) in [6.07, 6.45) is -3.30. The standard InChI is InChI=1S/C26H16F3N3O/c27-26(28,29)20-11-6-10-18-22(13-14-30-24(18)20)32-25(33)19-15-23(16-7-2-1-3-8-16)31-21-12-5-4-9-17(19)21/h1-15H,(H,30,32,33). The first-order valence-electron chi connectivity index (χ1n) is 10.1. The van der Waals surface area contributed by atoms with E-state index in [2.05, 4.69) is 15.3 Å². The number of aromatic nitrogens is 2. The molecule has 1 N–H and O–H groups in total. The predicted molar refractivity (Wildman–Crippen MR) is 122 cm³/mol. The summed E-state index contributed by atoms with van der Waals surface area (Å²) in [5, 5.41) is 3.63. The molecule has 4 nitrogen and oxygen atoms in total. The molecule has 0 saturated heterocycles. The number of halogens is 3. The zero-order valence-electron chi connectivity index (χ0n) is 17.1. The van der Waals surface area contributed by atoms with E-state index in [0.717, 1.165) is 11.6 Å². The van der Waals surface area contributed by atoms with E-state index in [1.165, 1.54) is 24.4 Å². The lowest BCUT2D eigenvalue weighted by Gasteiger charge is -2.14. The molecule has 0 aliphatic carbocycles. The highest BCUT2D eigenvalue weighted by Gasteiger charge is 2.33. The molecular formula is C26H16F3N3O. The molecule has 3 aromatic carbocycles. The van der Waals surface area contributed by atoms with Gasteiger partial charge in [-0.05, 0) is 24.3 Å². The summed E-state index contributed by atoms with van der Waals surface area (Å²) >= 11 is 0. The number of rotatable bonds is 3. The Balaban J connectivity index is 1.61. The number of nitrogens with zero attached hydrogens (tertiary/aromatic N) is 2. The van der Waals surface area contributed by atoms with Crippen LogP contribution in [0.15, 0.2) is 91.1 Å². The summed E-state index contributed by atoms with van der Waals surface area (Å²) in [6, 6.07) is 23.7. The molecule has 5 rings (SSSR count). The van der Waals surface area contributed by atoms with Gasteiger partial charge in [0.05, 0.1) is 33.5 Å². The number of nitrogens with one attached hydrogen (secondary N) is 1. The fourth-order valence-electron chi connectivity index (χ4n) is 3.82. The minimum absolute atomic E-state index is 0.210. The van der Waals surface area contributed by atoms with Crippen LogP contribution in [0.5, 0.6) is 0 Å². The fraction of sp³-hybridized carbons (Fsp3) is 0.0385. The molecule has 0 aliphatic rings. The second-order valence-electron chi connectivity index (χ2n) is 7.45. The first-order chi connectivity index (χ1) is 15.9. The second kappa shape index (κ2) is 8.02. The third-order valence-corrected chi connectivity index (χ3v) is 5.35. The average molecular weight is 443 g/mol. The largest absolute Gasteiger partial charge is 0.418 e. The Kier molecular flexibility index (Phi) is 5.01. The van der Waals surface area contributed by atoms with Crippen LogP contribution in [0.4, 0.5) is 18.9 Å². The number of pyridine rings is 2. The highest BCUT2D eigenvalue weighted by Crippen LogP contribution is 2.36. The van der Waals surface area contributed by atoms with Gasteiger partial charge in [0, 0.05) is 22.5 Å². The molecule has 5 aromatic rings. The molecule has 1 amide bonds. The van der Waals surface area contributed by atoms with Crippen LogP contribution in [0.2, 0.25) is 0 Å². The normalized spacial score (nSPS) is 11.6. The van der Waals surface area contributed by atoms with Crippen LogP contribution in [0.25, 0.3) is 33.1 Å². The number of alkyl halides is 3. The van der Waals surface area contributed by atoms with Crippen molar-refractivity contribution >= 4 is 33.4 Å². The van der Waals surface area contributed by atoms with Crippen molar-refractivity contribution in [2.24, 2.45) is 0 Å². The zero-order chi connectivity index (χ0) is 23.0. The molecule has 2 aromatic heterocycles. The molecule has 7 heteroatoms. The average Bonchev–Trinajstić information content (AvgIpc) is 2.83. The van der Waals surface area contributed by atoms with Gasteiger partial charge in [-0.2, -0.15) is 13.2 Å². The Morgan fingerprint density at radius 2 is 1.55 bits per heavy atom. The van der Waals surface area contributed by atoms with Crippen LogP contribution in [0, 0.1) is 0 Å². The topological polar surface area (TPSA) is 54.9 Å². The third kappa shape index (κ3) is 3.89. The van der Waals surface area contributed by atoms with E-state index in [9.17, 15) is 18.0 Å². The van der Waals surface area contributed by atoms with Gasteiger partial charge in [-0.3, -0.25) is 9.78 Å². The van der Waals surface area contributed by atoms with E-state index >= 15 is 0 Å². The number of para-hydroxylation sites is 2. The van der Waals surface area contributed by atoms with Crippen LogP contribution in [-0.4, -0.2) is 15.9 Å². The molecule has 162 valence electrons. The van der Waals surface area contributed by atoms with Crippen molar-refractivity contribution in [1.82, 2.24) is 9.97 Å². The van der Waals surface area contributed by atoms with Crippen molar-refractivity contribution in [2.45, 2.75) is 6.18 Å². The van der Waals surface area contributed by atoms with Crippen molar-refractivity contribution in [3.63, 3.8) is 0 Å². The van der Waals surface area contributed by atoms with Gasteiger partial charge >= 0.3 is 6.18 Å². The molecule has 0 atom stereocenters. The lowest BCUT2D eigenvalue weighted by Crippen LogP contribution is -2.14. The Morgan fingerprint density at radius 1 is 0.818 bits per heavy atom. The van der Waals surface area contributed by atoms with Crippen LogP contribution in [-0.2, 0) is 6.18 Å². The summed E-state index contributed by atoms with van der Waals surface area (Å²) < 4.78 is 40.3. The first kappa shape index (κ1) is 20.6. The molecular weight excluding hydrogens is 427 g/mol. The molecule has 0 saturated carbocycles. The van der Waals surface area contributed by atoms with Crippen molar-refractivity contribution in [2.75, 3.05) is 5.32 Å². The van der Waals surface area contributed by atoms with Crippen molar-refractivity contribution < 1.29 is 18.0 Å². The first-order valence-corrected chi connectivity index (χ1v) is 10.1. The summed E-state index contributed by atoms with van der Waals surface area (Å²) in [5.41, 5.74) is 1.67. The van der Waals surface area contributed by atoms with Crippen molar-refractivity contribution in [1.29, 1.82) is 0 Å². The molecule has 0 unspecified atom stereocenters. The Hall–Kier alpha value is -4.26. The van der Waals surface area contributed by atoms with Crippen LogP contribution in [0.1, 0.15) is 15.9 Å². The summed E-state index contributed by atoms with van der Waals surface area (Å²) in [6.45, 7) is 0. The van der Waals surface area contributed by atoms with Gasteiger partial charge < -0.3 is 5.32 Å². The summed E-state index contributed by atoms with van der Waals surface area (Å²) in [7, 11) is 0. The maximum Gasteiger partial charge on any atom is 0.418 e. The monoisotopic (exact) mass is 443 g/mol. The number of carbonyl (C=O) groups excluding carboxylic acids is 1. The van der Waals surface area contributed by atoms with E-state index < -0.39 is 17.6 Å². The fourth-order valence-corrected chi connectivity index (χ4v) is 3.82. The van der Waals surface area contributed by atoms with Gasteiger partial charge in [0.1, 0.15) is 0 Å². The van der Waals surface area contributed by atoms with E-state index in [-0.39, 0.29) is 16.6 Å². The molecule has 33 heavy (non-hydrogen) atoms. The number of anilines is 1. The van der Waals surface area contributed by atoms with Crippen LogP contribution in [0.3, 0.4) is 0 Å². The number of benzene rings is 3. The van der Waals surface area contributed by atoms with Crippen molar-refractivity contribution in [3.05, 3.63) is 102 Å². The lowest BCUT2D eigenvalue weighted by molar-refractivity contribution is -0.136. The molecule has 0 fully saturated rings. The zero-order valence-corrected chi connectivity index (χ0v) is 17.1. The van der Waals surface area contributed by atoms with E-state index in [1.807, 2.05) is 42.5 Å². The molecule has 0 aliphatic heterocycles. The van der Waals surface area contributed by atoms with E-state index in [4.69, 9.17) is 0 Å². The SMILES string of the molecule is O=C(Nc1ccnc2c(C(F)(F)F)cccc12)c1cc(-c2ccccc2)nc2ccccc12. The maximum atomic E-state index is 13.4. The van der Waals surface area contributed by atoms with E-state index in [1.54, 1.807) is 18.2 Å². The number of carbonyl (C=O) groups is 1. The number of hydrogen-bond donors (Lipinski definition) is 1. The second-order valence-corrected chi connectivity index (χ2v) is 7.45.